The van der Waals surface area contributed by atoms with Crippen LogP contribution in [0.2, 0.25) is 0 Å². The standard InChI is InChI=1S/C22H22FN5O2S/c23-16-6-8-18(9-7-16)28(22(30)19-14-31-27-26-19)20(15-10-12-24-13-11-15)21(29)25-17-4-2-1-3-5-17/h6-14,17,20H,1-5H2,(H,25,29)/t20-/m0/s1. The lowest BCUT2D eigenvalue weighted by Gasteiger charge is -2.33. The van der Waals surface area contributed by atoms with Crippen molar-refractivity contribution >= 4 is 29.0 Å². The van der Waals surface area contributed by atoms with Crippen molar-refractivity contribution in [3.05, 3.63) is 71.2 Å². The zero-order valence-corrected chi connectivity index (χ0v) is 17.6. The Balaban J connectivity index is 1.76. The van der Waals surface area contributed by atoms with Crippen LogP contribution in [0.4, 0.5) is 10.1 Å². The van der Waals surface area contributed by atoms with E-state index >= 15 is 0 Å². The third-order valence-electron chi connectivity index (χ3n) is 5.38. The molecule has 1 aromatic carbocycles. The minimum atomic E-state index is -0.968. The molecular formula is C22H22FN5O2S. The Morgan fingerprint density at radius 1 is 1.06 bits per heavy atom. The molecule has 1 atom stereocenters. The quantitative estimate of drug-likeness (QED) is 0.629. The third kappa shape index (κ3) is 4.93. The van der Waals surface area contributed by atoms with Crippen molar-refractivity contribution in [3.8, 4) is 0 Å². The number of hydrogen-bond donors (Lipinski definition) is 1. The normalized spacial score (nSPS) is 15.3. The summed E-state index contributed by atoms with van der Waals surface area (Å²) in [5.41, 5.74) is 1.11. The summed E-state index contributed by atoms with van der Waals surface area (Å²) >= 11 is 1.05. The lowest BCUT2D eigenvalue weighted by Crippen LogP contribution is -2.47. The molecule has 9 heteroatoms. The van der Waals surface area contributed by atoms with Crippen LogP contribution in [-0.2, 0) is 4.79 Å². The highest BCUT2D eigenvalue weighted by molar-refractivity contribution is 7.03. The van der Waals surface area contributed by atoms with Gasteiger partial charge in [0.1, 0.15) is 11.9 Å². The fourth-order valence-corrected chi connectivity index (χ4v) is 4.29. The van der Waals surface area contributed by atoms with E-state index in [0.717, 1.165) is 43.6 Å². The number of aromatic nitrogens is 3. The number of amides is 2. The van der Waals surface area contributed by atoms with Gasteiger partial charge in [-0.2, -0.15) is 0 Å². The van der Waals surface area contributed by atoms with Crippen LogP contribution in [0.25, 0.3) is 0 Å². The molecule has 0 saturated heterocycles. The van der Waals surface area contributed by atoms with Gasteiger partial charge in [-0.15, -0.1) is 5.10 Å². The van der Waals surface area contributed by atoms with Crippen LogP contribution in [0.5, 0.6) is 0 Å². The first-order valence-corrected chi connectivity index (χ1v) is 11.0. The second kappa shape index (κ2) is 9.74. The summed E-state index contributed by atoms with van der Waals surface area (Å²) in [5, 5.41) is 8.54. The highest BCUT2D eigenvalue weighted by Gasteiger charge is 2.35. The van der Waals surface area contributed by atoms with Gasteiger partial charge in [0.15, 0.2) is 5.69 Å². The van der Waals surface area contributed by atoms with E-state index in [2.05, 4.69) is 19.9 Å². The number of nitrogens with zero attached hydrogens (tertiary/aromatic N) is 4. The number of carbonyl (C=O) groups excluding carboxylic acids is 2. The van der Waals surface area contributed by atoms with Crippen LogP contribution in [0.1, 0.15) is 54.2 Å². The first-order valence-electron chi connectivity index (χ1n) is 10.2. The van der Waals surface area contributed by atoms with Gasteiger partial charge in [-0.3, -0.25) is 19.5 Å². The molecule has 2 amide bonds. The van der Waals surface area contributed by atoms with Gasteiger partial charge in [-0.1, -0.05) is 23.8 Å². The second-order valence-electron chi connectivity index (χ2n) is 7.47. The third-order valence-corrected chi connectivity index (χ3v) is 5.89. The molecule has 7 nitrogen and oxygen atoms in total. The smallest absolute Gasteiger partial charge is 0.280 e. The van der Waals surface area contributed by atoms with Crippen LogP contribution in [0, 0.1) is 5.82 Å². The lowest BCUT2D eigenvalue weighted by atomic mass is 9.94. The summed E-state index contributed by atoms with van der Waals surface area (Å²) in [6, 6.07) is 7.99. The van der Waals surface area contributed by atoms with Gasteiger partial charge in [-0.05, 0) is 66.3 Å². The zero-order valence-electron chi connectivity index (χ0n) is 16.8. The molecule has 31 heavy (non-hydrogen) atoms. The van der Waals surface area contributed by atoms with Crippen LogP contribution in [-0.4, -0.2) is 32.4 Å². The molecule has 2 heterocycles. The number of halogens is 1. The summed E-state index contributed by atoms with van der Waals surface area (Å²) < 4.78 is 17.4. The summed E-state index contributed by atoms with van der Waals surface area (Å²) in [7, 11) is 0. The average molecular weight is 440 g/mol. The summed E-state index contributed by atoms with van der Waals surface area (Å²) in [4.78, 5) is 32.4. The van der Waals surface area contributed by atoms with Crippen LogP contribution in [0.3, 0.4) is 0 Å². The summed E-state index contributed by atoms with van der Waals surface area (Å²) in [6.07, 6.45) is 8.27. The first kappa shape index (κ1) is 21.0. The van der Waals surface area contributed by atoms with Gasteiger partial charge in [0.05, 0.1) is 0 Å². The molecule has 0 spiro atoms. The van der Waals surface area contributed by atoms with Crippen molar-refractivity contribution < 1.29 is 14.0 Å². The van der Waals surface area contributed by atoms with Crippen LogP contribution in [0.15, 0.2) is 54.2 Å². The number of rotatable bonds is 6. The average Bonchev–Trinajstić information content (AvgIpc) is 3.34. The van der Waals surface area contributed by atoms with E-state index in [9.17, 15) is 14.0 Å². The number of nitrogens with one attached hydrogen (secondary N) is 1. The van der Waals surface area contributed by atoms with E-state index < -0.39 is 17.8 Å². The van der Waals surface area contributed by atoms with Crippen LogP contribution >= 0.6 is 11.5 Å². The van der Waals surface area contributed by atoms with Crippen molar-refractivity contribution in [3.63, 3.8) is 0 Å². The molecule has 0 bridgehead atoms. The van der Waals surface area contributed by atoms with E-state index in [1.54, 1.807) is 24.5 Å². The Bertz CT molecular complexity index is 1010. The van der Waals surface area contributed by atoms with Crippen molar-refractivity contribution in [1.29, 1.82) is 0 Å². The number of carbonyl (C=O) groups is 2. The lowest BCUT2D eigenvalue weighted by molar-refractivity contribution is -0.123. The SMILES string of the molecule is O=C(NC1CCCCC1)[C@H](c1ccncc1)N(C(=O)c1csnn1)c1ccc(F)cc1. The molecule has 1 N–H and O–H groups in total. The topological polar surface area (TPSA) is 88.1 Å². The fourth-order valence-electron chi connectivity index (χ4n) is 3.86. The maximum absolute atomic E-state index is 13.6. The predicted octanol–water partition coefficient (Wildman–Crippen LogP) is 3.91. The Kier molecular flexibility index (Phi) is 6.61. The molecule has 2 aromatic heterocycles. The van der Waals surface area contributed by atoms with Crippen molar-refractivity contribution in [2.45, 2.75) is 44.2 Å². The van der Waals surface area contributed by atoms with Gasteiger partial charge >= 0.3 is 0 Å². The maximum Gasteiger partial charge on any atom is 0.280 e. The predicted molar refractivity (Wildman–Crippen MR) is 115 cm³/mol. The minimum Gasteiger partial charge on any atom is -0.351 e. The monoisotopic (exact) mass is 439 g/mol. The summed E-state index contributed by atoms with van der Waals surface area (Å²) in [5.74, 6) is -1.21. The van der Waals surface area contributed by atoms with E-state index in [1.807, 2.05) is 0 Å². The molecule has 1 saturated carbocycles. The highest BCUT2D eigenvalue weighted by atomic mass is 32.1. The molecule has 1 aliphatic rings. The largest absolute Gasteiger partial charge is 0.351 e. The van der Waals surface area contributed by atoms with Crippen molar-refractivity contribution in [2.75, 3.05) is 4.90 Å². The molecule has 0 aliphatic heterocycles. The molecule has 1 aliphatic carbocycles. The highest BCUT2D eigenvalue weighted by Crippen LogP contribution is 2.30. The van der Waals surface area contributed by atoms with Crippen LogP contribution < -0.4 is 10.2 Å². The maximum atomic E-state index is 13.6. The van der Waals surface area contributed by atoms with Gasteiger partial charge in [0.25, 0.3) is 5.91 Å². The number of pyridine rings is 1. The van der Waals surface area contributed by atoms with E-state index in [0.29, 0.717) is 11.3 Å². The van der Waals surface area contributed by atoms with E-state index in [-0.39, 0.29) is 17.6 Å². The Hall–Kier alpha value is -3.20. The van der Waals surface area contributed by atoms with Gasteiger partial charge in [0, 0.05) is 29.5 Å². The molecular weight excluding hydrogens is 417 g/mol. The van der Waals surface area contributed by atoms with Crippen molar-refractivity contribution in [1.82, 2.24) is 19.9 Å². The Morgan fingerprint density at radius 3 is 2.42 bits per heavy atom. The molecule has 160 valence electrons. The zero-order chi connectivity index (χ0) is 21.6. The Morgan fingerprint density at radius 2 is 1.77 bits per heavy atom. The molecule has 0 unspecified atom stereocenters. The van der Waals surface area contributed by atoms with Gasteiger partial charge in [0.2, 0.25) is 5.91 Å². The Labute approximate surface area is 183 Å². The number of hydrogen-bond acceptors (Lipinski definition) is 6. The van der Waals surface area contributed by atoms with Gasteiger partial charge < -0.3 is 5.32 Å². The fraction of sp³-hybridized carbons (Fsp3) is 0.318. The van der Waals surface area contributed by atoms with E-state index in [1.165, 1.54) is 34.5 Å². The summed E-state index contributed by atoms with van der Waals surface area (Å²) in [6.45, 7) is 0. The molecule has 4 rings (SSSR count). The molecule has 3 aromatic rings. The second-order valence-corrected chi connectivity index (χ2v) is 8.08. The van der Waals surface area contributed by atoms with E-state index in [4.69, 9.17) is 0 Å². The molecule has 1 fully saturated rings. The van der Waals surface area contributed by atoms with Crippen molar-refractivity contribution in [2.24, 2.45) is 0 Å². The first-order chi connectivity index (χ1) is 15.1. The number of benzene rings is 1. The minimum absolute atomic E-state index is 0.0664. The van der Waals surface area contributed by atoms with Gasteiger partial charge in [-0.25, -0.2) is 4.39 Å². The number of anilines is 1. The molecule has 0 radical (unpaired) electrons.